The molecule has 0 aromatic carbocycles. The maximum Gasteiger partial charge on any atom is 0.191 e. The SMILES string of the molecule is CCNC(=NCc1nc(C(C)C)cs1)NCC(c1ccc(C)o1)N1CCOCC1. The summed E-state index contributed by atoms with van der Waals surface area (Å²) in [5.74, 6) is 3.16. The summed E-state index contributed by atoms with van der Waals surface area (Å²) in [6.07, 6.45) is 0. The first-order chi connectivity index (χ1) is 14.1. The van der Waals surface area contributed by atoms with Crippen LogP contribution in [0.25, 0.3) is 0 Å². The molecule has 8 heteroatoms. The third-order valence-electron chi connectivity index (χ3n) is 4.92. The van der Waals surface area contributed by atoms with Gasteiger partial charge in [-0.25, -0.2) is 9.98 Å². The lowest BCUT2D eigenvalue weighted by atomic mass is 10.1. The zero-order valence-corrected chi connectivity index (χ0v) is 18.7. The highest BCUT2D eigenvalue weighted by atomic mass is 32.1. The van der Waals surface area contributed by atoms with Gasteiger partial charge in [-0.05, 0) is 31.9 Å². The molecule has 0 aliphatic carbocycles. The Morgan fingerprint density at radius 3 is 2.69 bits per heavy atom. The minimum atomic E-state index is 0.142. The van der Waals surface area contributed by atoms with Crippen LogP contribution in [0.15, 0.2) is 26.9 Å². The maximum atomic E-state index is 5.95. The van der Waals surface area contributed by atoms with Gasteiger partial charge in [0.15, 0.2) is 5.96 Å². The van der Waals surface area contributed by atoms with E-state index in [-0.39, 0.29) is 6.04 Å². The molecule has 1 fully saturated rings. The fraction of sp³-hybridized carbons (Fsp3) is 0.619. The standard InChI is InChI=1S/C21H33N5O2S/c1-5-22-21(24-13-20-25-17(14-29-20)15(2)3)23-12-18(19-7-6-16(4)28-19)26-8-10-27-11-9-26/h6-7,14-15,18H,5,8-13H2,1-4H3,(H2,22,23,24). The van der Waals surface area contributed by atoms with E-state index in [4.69, 9.17) is 14.1 Å². The Balaban J connectivity index is 1.66. The number of morpholine rings is 1. The summed E-state index contributed by atoms with van der Waals surface area (Å²) in [7, 11) is 0. The molecule has 3 rings (SSSR count). The van der Waals surface area contributed by atoms with Crippen molar-refractivity contribution in [1.29, 1.82) is 0 Å². The van der Waals surface area contributed by atoms with Crippen LogP contribution in [0.5, 0.6) is 0 Å². The van der Waals surface area contributed by atoms with Crippen molar-refractivity contribution >= 4 is 17.3 Å². The first-order valence-electron chi connectivity index (χ1n) is 10.4. The fourth-order valence-electron chi connectivity index (χ4n) is 3.28. The van der Waals surface area contributed by atoms with E-state index >= 15 is 0 Å². The van der Waals surface area contributed by atoms with E-state index < -0.39 is 0 Å². The van der Waals surface area contributed by atoms with Crippen molar-refractivity contribution in [2.75, 3.05) is 39.4 Å². The van der Waals surface area contributed by atoms with Gasteiger partial charge in [0.1, 0.15) is 16.5 Å². The van der Waals surface area contributed by atoms with Crippen molar-refractivity contribution in [2.45, 2.75) is 46.2 Å². The molecule has 0 bridgehead atoms. The zero-order valence-electron chi connectivity index (χ0n) is 17.9. The number of furan rings is 1. The van der Waals surface area contributed by atoms with E-state index in [0.29, 0.717) is 19.0 Å². The monoisotopic (exact) mass is 419 g/mol. The molecule has 29 heavy (non-hydrogen) atoms. The average molecular weight is 420 g/mol. The van der Waals surface area contributed by atoms with E-state index in [1.165, 1.54) is 0 Å². The number of guanidine groups is 1. The number of aliphatic imine (C=N–C) groups is 1. The Hall–Kier alpha value is -1.90. The second-order valence-electron chi connectivity index (χ2n) is 7.51. The van der Waals surface area contributed by atoms with Gasteiger partial charge in [-0.3, -0.25) is 4.90 Å². The van der Waals surface area contributed by atoms with Crippen LogP contribution in [0.3, 0.4) is 0 Å². The molecule has 1 aliphatic heterocycles. The Labute approximate surface area is 177 Å². The smallest absolute Gasteiger partial charge is 0.191 e. The van der Waals surface area contributed by atoms with Crippen molar-refractivity contribution in [3.8, 4) is 0 Å². The van der Waals surface area contributed by atoms with Gasteiger partial charge in [-0.1, -0.05) is 13.8 Å². The number of nitrogens with zero attached hydrogens (tertiary/aromatic N) is 3. The van der Waals surface area contributed by atoms with Gasteiger partial charge < -0.3 is 19.8 Å². The summed E-state index contributed by atoms with van der Waals surface area (Å²) >= 11 is 1.67. The van der Waals surface area contributed by atoms with Gasteiger partial charge in [-0.15, -0.1) is 11.3 Å². The topological polar surface area (TPSA) is 74.9 Å². The minimum absolute atomic E-state index is 0.142. The van der Waals surface area contributed by atoms with Crippen LogP contribution < -0.4 is 10.6 Å². The average Bonchev–Trinajstić information content (AvgIpc) is 3.36. The second-order valence-corrected chi connectivity index (χ2v) is 8.45. The van der Waals surface area contributed by atoms with E-state index in [1.54, 1.807) is 11.3 Å². The highest BCUT2D eigenvalue weighted by Gasteiger charge is 2.25. The summed E-state index contributed by atoms with van der Waals surface area (Å²) in [6, 6.07) is 4.24. The minimum Gasteiger partial charge on any atom is -0.465 e. The molecule has 7 nitrogen and oxygen atoms in total. The van der Waals surface area contributed by atoms with Crippen LogP contribution in [0, 0.1) is 6.92 Å². The van der Waals surface area contributed by atoms with Crippen LogP contribution in [-0.2, 0) is 11.3 Å². The van der Waals surface area contributed by atoms with Gasteiger partial charge in [0.05, 0.1) is 31.5 Å². The predicted octanol–water partition coefficient (Wildman–Crippen LogP) is 3.30. The molecule has 0 saturated carbocycles. The lowest BCUT2D eigenvalue weighted by Crippen LogP contribution is -2.46. The number of rotatable bonds is 8. The zero-order chi connectivity index (χ0) is 20.6. The van der Waals surface area contributed by atoms with Gasteiger partial charge in [0, 0.05) is 31.6 Å². The van der Waals surface area contributed by atoms with E-state index in [0.717, 1.165) is 61.0 Å². The molecular formula is C21H33N5O2S. The normalized spacial score (nSPS) is 16.9. The molecule has 2 N–H and O–H groups in total. The molecule has 1 unspecified atom stereocenters. The summed E-state index contributed by atoms with van der Waals surface area (Å²) in [6.45, 7) is 13.8. The van der Waals surface area contributed by atoms with Crippen LogP contribution in [-0.4, -0.2) is 55.2 Å². The quantitative estimate of drug-likeness (QED) is 0.505. The molecule has 1 aliphatic rings. The first-order valence-corrected chi connectivity index (χ1v) is 11.3. The van der Waals surface area contributed by atoms with Crippen molar-refractivity contribution in [3.05, 3.63) is 39.7 Å². The van der Waals surface area contributed by atoms with Crippen molar-refractivity contribution < 1.29 is 9.15 Å². The summed E-state index contributed by atoms with van der Waals surface area (Å²) < 4.78 is 11.5. The highest BCUT2D eigenvalue weighted by Crippen LogP contribution is 2.23. The van der Waals surface area contributed by atoms with Crippen molar-refractivity contribution in [3.63, 3.8) is 0 Å². The summed E-state index contributed by atoms with van der Waals surface area (Å²) in [4.78, 5) is 11.8. The Bertz CT molecular complexity index is 780. The van der Waals surface area contributed by atoms with Crippen LogP contribution in [0.1, 0.15) is 55.0 Å². The molecule has 0 spiro atoms. The lowest BCUT2D eigenvalue weighted by molar-refractivity contribution is 0.0124. The van der Waals surface area contributed by atoms with Crippen LogP contribution in [0.4, 0.5) is 0 Å². The van der Waals surface area contributed by atoms with Gasteiger partial charge in [0.2, 0.25) is 0 Å². The highest BCUT2D eigenvalue weighted by molar-refractivity contribution is 7.09. The molecule has 3 heterocycles. The lowest BCUT2D eigenvalue weighted by Gasteiger charge is -2.33. The van der Waals surface area contributed by atoms with Crippen LogP contribution in [0.2, 0.25) is 0 Å². The van der Waals surface area contributed by atoms with Gasteiger partial charge in [-0.2, -0.15) is 0 Å². The summed E-state index contributed by atoms with van der Waals surface area (Å²) in [5.41, 5.74) is 1.14. The Kier molecular flexibility index (Phi) is 8.09. The first kappa shape index (κ1) is 21.8. The molecule has 0 amide bonds. The molecule has 0 radical (unpaired) electrons. The number of hydrogen-bond acceptors (Lipinski definition) is 6. The van der Waals surface area contributed by atoms with E-state index in [1.807, 2.05) is 13.0 Å². The maximum absolute atomic E-state index is 5.95. The van der Waals surface area contributed by atoms with E-state index in [9.17, 15) is 0 Å². The Morgan fingerprint density at radius 1 is 1.28 bits per heavy atom. The number of hydrogen-bond donors (Lipinski definition) is 2. The molecule has 1 saturated heterocycles. The molecule has 1 atom stereocenters. The summed E-state index contributed by atoms with van der Waals surface area (Å²) in [5, 5.41) is 10.0. The van der Waals surface area contributed by atoms with Crippen molar-refractivity contribution in [2.24, 2.45) is 4.99 Å². The number of aryl methyl sites for hydroxylation is 1. The largest absolute Gasteiger partial charge is 0.465 e. The number of aromatic nitrogens is 1. The molecule has 2 aromatic rings. The fourth-order valence-corrected chi connectivity index (χ4v) is 4.15. The van der Waals surface area contributed by atoms with Crippen molar-refractivity contribution in [1.82, 2.24) is 20.5 Å². The Morgan fingerprint density at radius 2 is 2.07 bits per heavy atom. The van der Waals surface area contributed by atoms with Gasteiger partial charge >= 0.3 is 0 Å². The van der Waals surface area contributed by atoms with E-state index in [2.05, 4.69) is 52.7 Å². The second kappa shape index (κ2) is 10.8. The molecule has 160 valence electrons. The number of nitrogens with one attached hydrogen (secondary N) is 2. The predicted molar refractivity (Wildman–Crippen MR) is 118 cm³/mol. The number of ether oxygens (including phenoxy) is 1. The third-order valence-corrected chi connectivity index (χ3v) is 5.77. The van der Waals surface area contributed by atoms with Crippen LogP contribution >= 0.6 is 11.3 Å². The molecular weight excluding hydrogens is 386 g/mol. The molecule has 2 aromatic heterocycles. The third kappa shape index (κ3) is 6.29. The number of thiazole rings is 1. The van der Waals surface area contributed by atoms with Gasteiger partial charge in [0.25, 0.3) is 0 Å².